The zero-order valence-electron chi connectivity index (χ0n) is 20.5. The van der Waals surface area contributed by atoms with E-state index in [-0.39, 0.29) is 40.0 Å². The number of rotatable bonds is 6. The summed E-state index contributed by atoms with van der Waals surface area (Å²) in [4.78, 5) is 41.3. The molecule has 1 aliphatic rings. The van der Waals surface area contributed by atoms with Crippen molar-refractivity contribution in [2.24, 2.45) is 0 Å². The third-order valence-corrected chi connectivity index (χ3v) is 7.60. The van der Waals surface area contributed by atoms with Gasteiger partial charge in [-0.2, -0.15) is 0 Å². The predicted octanol–water partition coefficient (Wildman–Crippen LogP) is 6.57. The lowest BCUT2D eigenvalue weighted by Gasteiger charge is -2.17. The van der Waals surface area contributed by atoms with Gasteiger partial charge in [0, 0.05) is 28.6 Å². The van der Waals surface area contributed by atoms with E-state index < -0.39 is 18.2 Å². The predicted molar refractivity (Wildman–Crippen MR) is 144 cm³/mol. The van der Waals surface area contributed by atoms with Crippen molar-refractivity contribution in [3.05, 3.63) is 85.9 Å². The first kappa shape index (κ1) is 26.9. The number of carbonyl (C=O) groups is 2. The summed E-state index contributed by atoms with van der Waals surface area (Å²) in [5.41, 5.74) is 2.44. The number of nitrogens with one attached hydrogen (secondary N) is 1. The highest BCUT2D eigenvalue weighted by Crippen LogP contribution is 2.36. The average molecular weight is 590 g/mol. The SMILES string of the molecule is COc1cnc(Cl)cc1-c1cc(C)ncc1C(=O)Nc1nc2c(s1)CN(C(=O)c1cc(C(F)F)ccc1Cl)C2. The van der Waals surface area contributed by atoms with Crippen LogP contribution in [-0.2, 0) is 13.1 Å². The van der Waals surface area contributed by atoms with E-state index in [1.165, 1.54) is 47.9 Å². The first-order valence-electron chi connectivity index (χ1n) is 11.5. The zero-order chi connectivity index (χ0) is 27.8. The fourth-order valence-corrected chi connectivity index (χ4v) is 5.51. The van der Waals surface area contributed by atoms with Crippen LogP contribution in [0.4, 0.5) is 13.9 Å². The number of alkyl halides is 2. The molecule has 200 valence electrons. The molecule has 0 bridgehead atoms. The summed E-state index contributed by atoms with van der Waals surface area (Å²) < 4.78 is 31.7. The number of thiazole rings is 1. The van der Waals surface area contributed by atoms with Crippen LogP contribution in [0, 0.1) is 6.92 Å². The molecule has 13 heteroatoms. The highest BCUT2D eigenvalue weighted by Gasteiger charge is 2.30. The first-order valence-corrected chi connectivity index (χ1v) is 13.0. The molecule has 0 fully saturated rings. The Morgan fingerprint density at radius 3 is 2.59 bits per heavy atom. The van der Waals surface area contributed by atoms with Crippen LogP contribution in [0.1, 0.15) is 49.0 Å². The minimum Gasteiger partial charge on any atom is -0.494 e. The van der Waals surface area contributed by atoms with Crippen molar-refractivity contribution in [1.29, 1.82) is 0 Å². The maximum Gasteiger partial charge on any atom is 0.263 e. The van der Waals surface area contributed by atoms with Crippen molar-refractivity contribution in [2.45, 2.75) is 26.4 Å². The lowest BCUT2D eigenvalue weighted by molar-refractivity contribution is 0.0750. The smallest absolute Gasteiger partial charge is 0.263 e. The largest absolute Gasteiger partial charge is 0.494 e. The second kappa shape index (κ2) is 10.8. The number of aryl methyl sites for hydroxylation is 1. The summed E-state index contributed by atoms with van der Waals surface area (Å²) in [5.74, 6) is -0.474. The number of amides is 2. The topological polar surface area (TPSA) is 97.3 Å². The van der Waals surface area contributed by atoms with E-state index in [1.807, 2.05) is 0 Å². The van der Waals surface area contributed by atoms with Gasteiger partial charge in [0.2, 0.25) is 0 Å². The number of nitrogens with zero attached hydrogens (tertiary/aromatic N) is 4. The molecular weight excluding hydrogens is 571 g/mol. The van der Waals surface area contributed by atoms with Crippen molar-refractivity contribution >= 4 is 51.5 Å². The van der Waals surface area contributed by atoms with Gasteiger partial charge in [0.1, 0.15) is 10.9 Å². The molecule has 0 spiro atoms. The van der Waals surface area contributed by atoms with Crippen LogP contribution in [0.15, 0.2) is 42.7 Å². The summed E-state index contributed by atoms with van der Waals surface area (Å²) in [6.07, 6.45) is 0.222. The third-order valence-electron chi connectivity index (χ3n) is 6.06. The van der Waals surface area contributed by atoms with Crippen molar-refractivity contribution in [2.75, 3.05) is 12.4 Å². The molecular formula is C26H19Cl2F2N5O3S. The standard InChI is InChI=1S/C26H19Cl2F2N5O3S/c1-12-5-14(15-7-22(28)32-9-20(15)38-2)17(8-31-12)24(36)34-26-33-19-10-35(11-21(19)39-26)25(37)16-6-13(23(29)30)3-4-18(16)27/h3-9,23H,10-11H2,1-2H3,(H,33,34,36). The normalized spacial score (nSPS) is 12.5. The molecule has 39 heavy (non-hydrogen) atoms. The molecule has 8 nitrogen and oxygen atoms in total. The maximum atomic E-state index is 13.3. The summed E-state index contributed by atoms with van der Waals surface area (Å²) in [5, 5.41) is 3.49. The molecule has 0 atom stereocenters. The second-order valence-electron chi connectivity index (χ2n) is 8.62. The Kier molecular flexibility index (Phi) is 7.48. The lowest BCUT2D eigenvalue weighted by Crippen LogP contribution is -2.26. The van der Waals surface area contributed by atoms with Gasteiger partial charge in [-0.1, -0.05) is 40.6 Å². The number of carbonyl (C=O) groups excluding carboxylic acids is 2. The molecule has 1 N–H and O–H groups in total. The number of halogens is 4. The van der Waals surface area contributed by atoms with Crippen LogP contribution in [0.2, 0.25) is 10.2 Å². The van der Waals surface area contributed by atoms with E-state index in [0.717, 1.165) is 10.9 Å². The molecule has 5 rings (SSSR count). The van der Waals surface area contributed by atoms with E-state index in [1.54, 1.807) is 19.1 Å². The number of pyridine rings is 2. The van der Waals surface area contributed by atoms with Gasteiger partial charge in [0.05, 0.1) is 53.1 Å². The van der Waals surface area contributed by atoms with Crippen LogP contribution < -0.4 is 10.1 Å². The molecule has 2 amide bonds. The Labute approximate surface area is 235 Å². The number of aromatic nitrogens is 3. The number of hydrogen-bond acceptors (Lipinski definition) is 7. The van der Waals surface area contributed by atoms with Crippen molar-refractivity contribution in [1.82, 2.24) is 19.9 Å². The number of hydrogen-bond donors (Lipinski definition) is 1. The fourth-order valence-electron chi connectivity index (χ4n) is 4.17. The van der Waals surface area contributed by atoms with E-state index >= 15 is 0 Å². The van der Waals surface area contributed by atoms with Crippen molar-refractivity contribution in [3.63, 3.8) is 0 Å². The van der Waals surface area contributed by atoms with Gasteiger partial charge in [0.25, 0.3) is 18.2 Å². The minimum absolute atomic E-state index is 0.00388. The quantitative estimate of drug-likeness (QED) is 0.255. The third kappa shape index (κ3) is 5.42. The van der Waals surface area contributed by atoms with Gasteiger partial charge in [-0.05, 0) is 31.2 Å². The van der Waals surface area contributed by atoms with Crippen molar-refractivity contribution in [3.8, 4) is 16.9 Å². The summed E-state index contributed by atoms with van der Waals surface area (Å²) >= 11 is 13.5. The summed E-state index contributed by atoms with van der Waals surface area (Å²) in [7, 11) is 1.50. The second-order valence-corrected chi connectivity index (χ2v) is 10.5. The number of methoxy groups -OCH3 is 1. The van der Waals surface area contributed by atoms with E-state index in [0.29, 0.717) is 33.4 Å². The van der Waals surface area contributed by atoms with Gasteiger partial charge in [0.15, 0.2) is 5.13 Å². The van der Waals surface area contributed by atoms with Crippen LogP contribution in [0.3, 0.4) is 0 Å². The lowest BCUT2D eigenvalue weighted by atomic mass is 10.0. The van der Waals surface area contributed by atoms with Gasteiger partial charge in [-0.25, -0.2) is 18.7 Å². The number of benzene rings is 1. The van der Waals surface area contributed by atoms with Crippen LogP contribution in [0.25, 0.3) is 11.1 Å². The molecule has 0 unspecified atom stereocenters. The number of anilines is 1. The number of fused-ring (bicyclic) bond motifs is 1. The zero-order valence-corrected chi connectivity index (χ0v) is 22.8. The van der Waals surface area contributed by atoms with Crippen LogP contribution >= 0.6 is 34.5 Å². The monoisotopic (exact) mass is 589 g/mol. The maximum absolute atomic E-state index is 13.3. The Morgan fingerprint density at radius 1 is 1.08 bits per heavy atom. The van der Waals surface area contributed by atoms with E-state index in [9.17, 15) is 18.4 Å². The molecule has 1 aliphatic heterocycles. The van der Waals surface area contributed by atoms with Gasteiger partial charge in [-0.3, -0.25) is 19.9 Å². The molecule has 1 aromatic carbocycles. The average Bonchev–Trinajstić information content (AvgIpc) is 3.47. The molecule has 4 aromatic rings. The fraction of sp³-hybridized carbons (Fsp3) is 0.192. The van der Waals surface area contributed by atoms with E-state index in [2.05, 4.69) is 20.3 Å². The highest BCUT2D eigenvalue weighted by atomic mass is 35.5. The minimum atomic E-state index is -2.72. The van der Waals surface area contributed by atoms with Crippen LogP contribution in [0.5, 0.6) is 5.75 Å². The molecule has 0 saturated heterocycles. The summed E-state index contributed by atoms with van der Waals surface area (Å²) in [6, 6.07) is 6.95. The number of ether oxygens (including phenoxy) is 1. The van der Waals surface area contributed by atoms with Gasteiger partial charge < -0.3 is 9.64 Å². The Morgan fingerprint density at radius 2 is 1.87 bits per heavy atom. The molecule has 0 saturated carbocycles. The molecule has 0 aliphatic carbocycles. The van der Waals surface area contributed by atoms with Crippen molar-refractivity contribution < 1.29 is 23.1 Å². The summed E-state index contributed by atoms with van der Waals surface area (Å²) in [6.45, 7) is 2.16. The van der Waals surface area contributed by atoms with Gasteiger partial charge in [-0.15, -0.1) is 0 Å². The Bertz CT molecular complexity index is 1590. The van der Waals surface area contributed by atoms with E-state index in [4.69, 9.17) is 27.9 Å². The molecule has 3 aromatic heterocycles. The first-order chi connectivity index (χ1) is 18.6. The highest BCUT2D eigenvalue weighted by molar-refractivity contribution is 7.16. The Balaban J connectivity index is 1.35. The Hall–Kier alpha value is -3.67. The molecule has 4 heterocycles. The van der Waals surface area contributed by atoms with Crippen LogP contribution in [-0.4, -0.2) is 38.8 Å². The molecule has 0 radical (unpaired) electrons. The van der Waals surface area contributed by atoms with Gasteiger partial charge >= 0.3 is 0 Å².